The van der Waals surface area contributed by atoms with Gasteiger partial charge < -0.3 is 14.5 Å². The summed E-state index contributed by atoms with van der Waals surface area (Å²) in [5.41, 5.74) is 1.88. The summed E-state index contributed by atoms with van der Waals surface area (Å²) in [6.45, 7) is 0. The number of hydrogen-bond donors (Lipinski definition) is 1. The van der Waals surface area contributed by atoms with Crippen LogP contribution in [0.25, 0.3) is 16.9 Å². The zero-order valence-electron chi connectivity index (χ0n) is 11.4. The Kier molecular flexibility index (Phi) is 3.34. The van der Waals surface area contributed by atoms with Crippen LogP contribution in [-0.4, -0.2) is 28.8 Å². The molecule has 0 saturated heterocycles. The highest BCUT2D eigenvalue weighted by Gasteiger charge is 2.11. The first kappa shape index (κ1) is 13.6. The molecule has 0 aliphatic carbocycles. The van der Waals surface area contributed by atoms with Crippen LogP contribution in [-0.2, 0) is 0 Å². The molecule has 3 aromatic rings. The maximum absolute atomic E-state index is 13.9. The van der Waals surface area contributed by atoms with E-state index in [0.29, 0.717) is 22.0 Å². The average Bonchev–Trinajstić information content (AvgIpc) is 2.81. The molecular weight excluding hydrogens is 293 g/mol. The lowest BCUT2D eigenvalue weighted by Crippen LogP contribution is -1.98. The molecule has 7 heteroatoms. The summed E-state index contributed by atoms with van der Waals surface area (Å²) in [6.07, 6.45) is 0. The van der Waals surface area contributed by atoms with E-state index in [9.17, 15) is 4.39 Å². The average molecular weight is 305 g/mol. The molecule has 2 aromatic heterocycles. The van der Waals surface area contributed by atoms with Crippen molar-refractivity contribution >= 4 is 23.4 Å². The van der Waals surface area contributed by atoms with Crippen molar-refractivity contribution < 1.29 is 13.9 Å². The van der Waals surface area contributed by atoms with Crippen LogP contribution in [0.4, 0.5) is 4.39 Å². The van der Waals surface area contributed by atoms with E-state index in [1.165, 1.54) is 20.3 Å². The van der Waals surface area contributed by atoms with Gasteiger partial charge in [-0.05, 0) is 30.4 Å². The highest BCUT2D eigenvalue weighted by molar-refractivity contribution is 7.71. The molecule has 0 aliphatic heterocycles. The fourth-order valence-electron chi connectivity index (χ4n) is 2.11. The van der Waals surface area contributed by atoms with Crippen molar-refractivity contribution in [2.45, 2.75) is 0 Å². The minimum absolute atomic E-state index is 0.177. The lowest BCUT2D eigenvalue weighted by molar-refractivity contribution is 0.386. The third-order valence-corrected chi connectivity index (χ3v) is 3.39. The molecule has 5 nitrogen and oxygen atoms in total. The number of rotatable bonds is 3. The molecule has 0 radical (unpaired) electrons. The van der Waals surface area contributed by atoms with Gasteiger partial charge in [-0.2, -0.15) is 4.98 Å². The number of halogens is 1. The predicted octanol–water partition coefficient (Wildman–Crippen LogP) is 3.24. The van der Waals surface area contributed by atoms with Crippen molar-refractivity contribution in [2.24, 2.45) is 0 Å². The van der Waals surface area contributed by atoms with Gasteiger partial charge in [0, 0.05) is 12.1 Å². The SMILES string of the molecule is COc1ccc2[nH]c(=S)n(-c3ccc(OC)c(F)c3)c2n1. The number of fused-ring (bicyclic) bond motifs is 1. The number of methoxy groups -OCH3 is 2. The highest BCUT2D eigenvalue weighted by Crippen LogP contribution is 2.24. The summed E-state index contributed by atoms with van der Waals surface area (Å²) in [6, 6.07) is 8.15. The van der Waals surface area contributed by atoms with Gasteiger partial charge in [0.1, 0.15) is 0 Å². The van der Waals surface area contributed by atoms with Gasteiger partial charge in [-0.25, -0.2) is 4.39 Å². The molecule has 0 unspecified atom stereocenters. The van der Waals surface area contributed by atoms with E-state index in [-0.39, 0.29) is 5.75 Å². The summed E-state index contributed by atoms with van der Waals surface area (Å²) in [7, 11) is 2.95. The van der Waals surface area contributed by atoms with E-state index in [1.807, 2.05) is 6.07 Å². The number of ether oxygens (including phenoxy) is 2. The number of aromatic amines is 1. The van der Waals surface area contributed by atoms with Crippen molar-refractivity contribution in [3.8, 4) is 17.3 Å². The molecule has 0 atom stereocenters. The Morgan fingerprint density at radius 2 is 2.00 bits per heavy atom. The van der Waals surface area contributed by atoms with Gasteiger partial charge in [0.25, 0.3) is 0 Å². The molecule has 108 valence electrons. The highest BCUT2D eigenvalue weighted by atomic mass is 32.1. The number of nitrogens with one attached hydrogen (secondary N) is 1. The Bertz CT molecular complexity index is 872. The number of aromatic nitrogens is 3. The molecule has 0 fully saturated rings. The summed E-state index contributed by atoms with van der Waals surface area (Å²) in [4.78, 5) is 7.38. The van der Waals surface area contributed by atoms with E-state index in [0.717, 1.165) is 5.52 Å². The minimum atomic E-state index is -0.464. The minimum Gasteiger partial charge on any atom is -0.494 e. The number of nitrogens with zero attached hydrogens (tertiary/aromatic N) is 2. The van der Waals surface area contributed by atoms with Gasteiger partial charge in [0.2, 0.25) is 5.88 Å². The van der Waals surface area contributed by atoms with Gasteiger partial charge in [0.15, 0.2) is 22.0 Å². The molecule has 0 bridgehead atoms. The molecular formula is C14H12FN3O2S. The normalized spacial score (nSPS) is 10.8. The van der Waals surface area contributed by atoms with E-state index < -0.39 is 5.82 Å². The number of pyridine rings is 1. The number of H-pyrrole nitrogens is 1. The first-order chi connectivity index (χ1) is 10.1. The summed E-state index contributed by atoms with van der Waals surface area (Å²) in [5, 5.41) is 0. The molecule has 0 amide bonds. The van der Waals surface area contributed by atoms with Crippen LogP contribution in [0.15, 0.2) is 30.3 Å². The molecule has 0 spiro atoms. The zero-order valence-corrected chi connectivity index (χ0v) is 12.2. The second kappa shape index (κ2) is 5.17. The largest absolute Gasteiger partial charge is 0.494 e. The molecule has 2 heterocycles. The van der Waals surface area contributed by atoms with E-state index in [1.54, 1.807) is 22.8 Å². The molecule has 0 saturated carbocycles. The maximum Gasteiger partial charge on any atom is 0.215 e. The van der Waals surface area contributed by atoms with Gasteiger partial charge in [0.05, 0.1) is 25.4 Å². The quantitative estimate of drug-likeness (QED) is 0.755. The van der Waals surface area contributed by atoms with E-state index in [4.69, 9.17) is 21.7 Å². The lowest BCUT2D eigenvalue weighted by Gasteiger charge is -2.07. The summed E-state index contributed by atoms with van der Waals surface area (Å²) < 4.78 is 26.0. The van der Waals surface area contributed by atoms with Crippen LogP contribution in [0.2, 0.25) is 0 Å². The van der Waals surface area contributed by atoms with Crippen LogP contribution >= 0.6 is 12.2 Å². The number of benzene rings is 1. The van der Waals surface area contributed by atoms with Gasteiger partial charge in [-0.1, -0.05) is 0 Å². The second-order valence-corrected chi connectivity index (χ2v) is 4.70. The Hall–Kier alpha value is -2.41. The predicted molar refractivity (Wildman–Crippen MR) is 79.3 cm³/mol. The topological polar surface area (TPSA) is 52.1 Å². The van der Waals surface area contributed by atoms with Crippen LogP contribution in [0.1, 0.15) is 0 Å². The third-order valence-electron chi connectivity index (χ3n) is 3.11. The Labute approximate surface area is 125 Å². The van der Waals surface area contributed by atoms with E-state index in [2.05, 4.69) is 9.97 Å². The first-order valence-corrected chi connectivity index (χ1v) is 6.54. The smallest absolute Gasteiger partial charge is 0.215 e. The second-order valence-electron chi connectivity index (χ2n) is 4.31. The molecule has 21 heavy (non-hydrogen) atoms. The number of imidazole rings is 1. The zero-order chi connectivity index (χ0) is 15.0. The van der Waals surface area contributed by atoms with Crippen molar-refractivity contribution in [2.75, 3.05) is 14.2 Å². The summed E-state index contributed by atoms with van der Waals surface area (Å²) in [5.74, 6) is 0.170. The van der Waals surface area contributed by atoms with Crippen molar-refractivity contribution in [3.05, 3.63) is 40.9 Å². The molecule has 0 aliphatic rings. The number of hydrogen-bond acceptors (Lipinski definition) is 4. The Balaban J connectivity index is 2.26. The van der Waals surface area contributed by atoms with Crippen molar-refractivity contribution in [3.63, 3.8) is 0 Å². The third kappa shape index (κ3) is 2.25. The Morgan fingerprint density at radius 1 is 1.19 bits per heavy atom. The first-order valence-electron chi connectivity index (χ1n) is 6.13. The van der Waals surface area contributed by atoms with Gasteiger partial charge in [-0.15, -0.1) is 0 Å². The Morgan fingerprint density at radius 3 is 2.67 bits per heavy atom. The van der Waals surface area contributed by atoms with Crippen LogP contribution in [0.5, 0.6) is 11.6 Å². The molecule has 1 N–H and O–H groups in total. The van der Waals surface area contributed by atoms with Crippen molar-refractivity contribution in [1.29, 1.82) is 0 Å². The fourth-order valence-corrected chi connectivity index (χ4v) is 2.42. The maximum atomic E-state index is 13.9. The van der Waals surface area contributed by atoms with E-state index >= 15 is 0 Å². The van der Waals surface area contributed by atoms with Crippen LogP contribution in [0, 0.1) is 10.6 Å². The van der Waals surface area contributed by atoms with Crippen molar-refractivity contribution in [1.82, 2.24) is 14.5 Å². The van der Waals surface area contributed by atoms with Crippen LogP contribution in [0.3, 0.4) is 0 Å². The lowest BCUT2D eigenvalue weighted by atomic mass is 10.3. The summed E-state index contributed by atoms with van der Waals surface area (Å²) >= 11 is 5.29. The molecule has 3 rings (SSSR count). The fraction of sp³-hybridized carbons (Fsp3) is 0.143. The monoisotopic (exact) mass is 305 g/mol. The standard InChI is InChI=1S/C14H12FN3O2S/c1-19-11-5-3-8(7-9(11)15)18-13-10(16-14(18)21)4-6-12(17-13)20-2/h3-7H,1-2H3,(H,16,21). The van der Waals surface area contributed by atoms with Gasteiger partial charge >= 0.3 is 0 Å². The van der Waals surface area contributed by atoms with Gasteiger partial charge in [-0.3, -0.25) is 4.57 Å². The van der Waals surface area contributed by atoms with Crippen LogP contribution < -0.4 is 9.47 Å². The molecule has 1 aromatic carbocycles.